The van der Waals surface area contributed by atoms with Crippen molar-refractivity contribution in [2.75, 3.05) is 6.54 Å². The number of hydrogen-bond acceptors (Lipinski definition) is 4. The molecule has 0 fully saturated rings. The Morgan fingerprint density at radius 3 is 2.61 bits per heavy atom. The molecule has 3 aliphatic rings. The van der Waals surface area contributed by atoms with Gasteiger partial charge in [-0.3, -0.25) is 9.59 Å². The van der Waals surface area contributed by atoms with Crippen molar-refractivity contribution in [2.24, 2.45) is 0 Å². The summed E-state index contributed by atoms with van der Waals surface area (Å²) in [7, 11) is 0. The molecule has 0 radical (unpaired) electrons. The molecule has 150 valence electrons. The van der Waals surface area contributed by atoms with Gasteiger partial charge in [-0.05, 0) is 56.5 Å². The molecule has 3 rings (SSSR count). The highest BCUT2D eigenvalue weighted by molar-refractivity contribution is 7.80. The highest BCUT2D eigenvalue weighted by Gasteiger charge is 2.42. The molecule has 0 spiro atoms. The van der Waals surface area contributed by atoms with Crippen LogP contribution < -0.4 is 5.32 Å². The highest BCUT2D eigenvalue weighted by atomic mass is 35.5. The van der Waals surface area contributed by atoms with Crippen molar-refractivity contribution in [1.29, 1.82) is 0 Å². The van der Waals surface area contributed by atoms with E-state index < -0.39 is 23.0 Å². The van der Waals surface area contributed by atoms with Gasteiger partial charge in [0.25, 0.3) is 17.0 Å². The zero-order valence-electron chi connectivity index (χ0n) is 15.6. The fourth-order valence-corrected chi connectivity index (χ4v) is 3.75. The van der Waals surface area contributed by atoms with Gasteiger partial charge in [0.2, 0.25) is 0 Å². The van der Waals surface area contributed by atoms with Crippen LogP contribution in [0.15, 0.2) is 46.7 Å². The van der Waals surface area contributed by atoms with E-state index in [4.69, 9.17) is 28.6 Å². The second-order valence-electron chi connectivity index (χ2n) is 6.86. The normalized spacial score (nSPS) is 23.6. The Kier molecular flexibility index (Phi) is 6.67. The van der Waals surface area contributed by atoms with Gasteiger partial charge in [0.15, 0.2) is 0 Å². The minimum absolute atomic E-state index is 0.110. The van der Waals surface area contributed by atoms with E-state index >= 15 is 0 Å². The van der Waals surface area contributed by atoms with Crippen molar-refractivity contribution in [3.05, 3.63) is 46.7 Å². The summed E-state index contributed by atoms with van der Waals surface area (Å²) in [6, 6.07) is 0. The van der Waals surface area contributed by atoms with Crippen LogP contribution >= 0.6 is 23.8 Å². The van der Waals surface area contributed by atoms with E-state index in [1.54, 1.807) is 0 Å². The van der Waals surface area contributed by atoms with Crippen LogP contribution in [-0.4, -0.2) is 33.8 Å². The molecule has 0 bridgehead atoms. The van der Waals surface area contributed by atoms with Crippen LogP contribution in [0.3, 0.4) is 0 Å². The Morgan fingerprint density at radius 2 is 2.00 bits per heavy atom. The van der Waals surface area contributed by atoms with E-state index in [0.717, 1.165) is 36.7 Å². The summed E-state index contributed by atoms with van der Waals surface area (Å²) in [5, 5.41) is 2.33. The number of thiocarbonyl (C=S) groups is 1. The van der Waals surface area contributed by atoms with Gasteiger partial charge in [-0.2, -0.15) is 0 Å². The molecule has 0 saturated carbocycles. The quantitative estimate of drug-likeness (QED) is 0.236. The predicted molar refractivity (Wildman–Crippen MR) is 109 cm³/mol. The molecule has 1 aliphatic heterocycles. The average molecular weight is 425 g/mol. The van der Waals surface area contributed by atoms with Gasteiger partial charge in [-0.1, -0.05) is 13.3 Å². The van der Waals surface area contributed by atoms with Crippen LogP contribution in [0, 0.1) is 0 Å². The maximum atomic E-state index is 14.6. The summed E-state index contributed by atoms with van der Waals surface area (Å²) in [6.07, 6.45) is 8.63. The topological polar surface area (TPSA) is 58.6 Å². The van der Waals surface area contributed by atoms with Gasteiger partial charge in [-0.15, -0.1) is 11.6 Å². The number of hydrogen-bond donors (Lipinski definition) is 1. The van der Waals surface area contributed by atoms with Crippen LogP contribution in [0.25, 0.3) is 0 Å². The summed E-state index contributed by atoms with van der Waals surface area (Å²) in [5.41, 5.74) is 1.30. The van der Waals surface area contributed by atoms with Crippen LogP contribution in [0.5, 0.6) is 0 Å². The molecule has 0 aromatic rings. The number of ether oxygens (including phenoxy) is 1. The molecule has 1 atom stereocenters. The van der Waals surface area contributed by atoms with Gasteiger partial charge in [0.05, 0.1) is 17.3 Å². The molecule has 0 aromatic heterocycles. The summed E-state index contributed by atoms with van der Waals surface area (Å²) >= 11 is 11.3. The van der Waals surface area contributed by atoms with Crippen molar-refractivity contribution in [2.45, 2.75) is 50.8 Å². The second-order valence-corrected chi connectivity index (χ2v) is 7.70. The smallest absolute Gasteiger partial charge is 0.261 e. The number of nitrogens with one attached hydrogen (secondary N) is 1. The lowest BCUT2D eigenvalue weighted by Crippen LogP contribution is -2.32. The molecule has 8 heteroatoms. The maximum absolute atomic E-state index is 14.6. The first-order chi connectivity index (χ1) is 13.4. The molecule has 28 heavy (non-hydrogen) atoms. The molecule has 1 heterocycles. The van der Waals surface area contributed by atoms with Crippen molar-refractivity contribution in [1.82, 2.24) is 10.2 Å². The molecule has 1 unspecified atom stereocenters. The minimum Gasteiger partial charge on any atom is -0.440 e. The monoisotopic (exact) mass is 424 g/mol. The summed E-state index contributed by atoms with van der Waals surface area (Å²) in [5.74, 6) is -1.60. The zero-order valence-corrected chi connectivity index (χ0v) is 17.2. The van der Waals surface area contributed by atoms with E-state index in [1.807, 2.05) is 0 Å². The fraction of sp³-hybridized carbons (Fsp3) is 0.450. The molecule has 1 N–H and O–H groups in total. The van der Waals surface area contributed by atoms with Gasteiger partial charge in [0, 0.05) is 23.3 Å². The van der Waals surface area contributed by atoms with Crippen LogP contribution in [0.2, 0.25) is 0 Å². The number of carbonyl (C=O) groups is 2. The molecule has 0 aromatic carbocycles. The fourth-order valence-electron chi connectivity index (χ4n) is 3.38. The Balaban J connectivity index is 1.79. The van der Waals surface area contributed by atoms with Crippen molar-refractivity contribution in [3.63, 3.8) is 0 Å². The summed E-state index contributed by atoms with van der Waals surface area (Å²) in [4.78, 5) is 26.3. The Labute approximate surface area is 173 Å². The molecule has 5 nitrogen and oxygen atoms in total. The first-order valence-electron chi connectivity index (χ1n) is 9.42. The molecule has 0 saturated heterocycles. The highest BCUT2D eigenvalue weighted by Crippen LogP contribution is 2.38. The SMILES string of the molecule is CCCCNC(=S)OC=C1C=C(N2C(=O)C3=C(CCCC3)C2=O)C(F)=CC1Cl. The average Bonchev–Trinajstić information content (AvgIpc) is 2.93. The minimum atomic E-state index is -0.794. The number of amides is 2. The number of rotatable bonds is 5. The lowest BCUT2D eigenvalue weighted by Gasteiger charge is -2.23. The number of halogens is 2. The Morgan fingerprint density at radius 1 is 1.36 bits per heavy atom. The third kappa shape index (κ3) is 4.20. The van der Waals surface area contributed by atoms with Crippen LogP contribution in [-0.2, 0) is 14.3 Å². The first kappa shape index (κ1) is 20.7. The Hall–Kier alpha value is -1.99. The molecular weight excluding hydrogens is 403 g/mol. The standard InChI is InChI=1S/C20H22ClFN2O3S/c1-2-3-8-23-20(28)27-11-12-9-17(16(22)10-15(12)21)24-18(25)13-6-4-5-7-14(13)19(24)26/h9-11,15H,2-8H2,1H3,(H,23,28). The zero-order chi connectivity index (χ0) is 20.3. The molecular formula is C20H22ClFN2O3S. The van der Waals surface area contributed by atoms with E-state index in [0.29, 0.717) is 36.1 Å². The van der Waals surface area contributed by atoms with Crippen molar-refractivity contribution < 1.29 is 18.7 Å². The number of carbonyl (C=O) groups excluding carboxylic acids is 2. The second kappa shape index (κ2) is 9.01. The number of alkyl halides is 1. The van der Waals surface area contributed by atoms with Gasteiger partial charge >= 0.3 is 0 Å². The first-order valence-corrected chi connectivity index (χ1v) is 10.3. The summed E-state index contributed by atoms with van der Waals surface area (Å²) in [6.45, 7) is 2.75. The van der Waals surface area contributed by atoms with Crippen LogP contribution in [0.4, 0.5) is 4.39 Å². The third-order valence-electron chi connectivity index (χ3n) is 4.89. The van der Waals surface area contributed by atoms with Gasteiger partial charge in [0.1, 0.15) is 5.83 Å². The summed E-state index contributed by atoms with van der Waals surface area (Å²) < 4.78 is 20.0. The van der Waals surface area contributed by atoms with Crippen molar-refractivity contribution in [3.8, 4) is 0 Å². The Bertz CT molecular complexity index is 803. The third-order valence-corrected chi connectivity index (χ3v) is 5.51. The molecule has 2 amide bonds. The predicted octanol–water partition coefficient (Wildman–Crippen LogP) is 4.16. The largest absolute Gasteiger partial charge is 0.440 e. The molecule has 2 aliphatic carbocycles. The lowest BCUT2D eigenvalue weighted by atomic mass is 9.93. The number of unbranched alkanes of at least 4 members (excludes halogenated alkanes) is 1. The number of allylic oxidation sites excluding steroid dienone is 4. The van der Waals surface area contributed by atoms with E-state index in [-0.39, 0.29) is 10.9 Å². The van der Waals surface area contributed by atoms with E-state index in [9.17, 15) is 14.0 Å². The maximum Gasteiger partial charge on any atom is 0.261 e. The van der Waals surface area contributed by atoms with Crippen LogP contribution in [0.1, 0.15) is 45.4 Å². The van der Waals surface area contributed by atoms with E-state index in [2.05, 4.69) is 12.2 Å². The van der Waals surface area contributed by atoms with Crippen molar-refractivity contribution >= 4 is 40.8 Å². The van der Waals surface area contributed by atoms with Gasteiger partial charge < -0.3 is 10.1 Å². The number of imide groups is 1. The van der Waals surface area contributed by atoms with Gasteiger partial charge in [-0.25, -0.2) is 9.29 Å². The van der Waals surface area contributed by atoms with E-state index in [1.165, 1.54) is 12.3 Å². The lowest BCUT2D eigenvalue weighted by molar-refractivity contribution is -0.135. The number of nitrogens with zero attached hydrogens (tertiary/aromatic N) is 1.